The number of aryl methyl sites for hydroxylation is 2. The Hall–Kier alpha value is -3.08. The Bertz CT molecular complexity index is 1040. The van der Waals surface area contributed by atoms with Crippen LogP contribution in [0.5, 0.6) is 0 Å². The second-order valence-electron chi connectivity index (χ2n) is 6.11. The SMILES string of the molecule is Cc1cc2occ(CC(=O)OCc3nc4ccccc4o3)c2cc1C. The van der Waals surface area contributed by atoms with Gasteiger partial charge in [0.2, 0.25) is 5.89 Å². The van der Waals surface area contributed by atoms with E-state index in [1.165, 1.54) is 0 Å². The molecule has 0 saturated heterocycles. The molecule has 0 bridgehead atoms. The van der Waals surface area contributed by atoms with Crippen molar-refractivity contribution in [2.24, 2.45) is 0 Å². The van der Waals surface area contributed by atoms with Crippen LogP contribution in [0.4, 0.5) is 0 Å². The number of esters is 1. The van der Waals surface area contributed by atoms with Gasteiger partial charge in [-0.05, 0) is 49.2 Å². The lowest BCUT2D eigenvalue weighted by Gasteiger charge is -2.02. The van der Waals surface area contributed by atoms with Crippen LogP contribution in [0.25, 0.3) is 22.1 Å². The summed E-state index contributed by atoms with van der Waals surface area (Å²) in [4.78, 5) is 16.5. The maximum absolute atomic E-state index is 12.2. The number of hydrogen-bond donors (Lipinski definition) is 0. The number of carbonyl (C=O) groups excluding carboxylic acids is 1. The third-order valence-electron chi connectivity index (χ3n) is 4.30. The lowest BCUT2D eigenvalue weighted by molar-refractivity contribution is -0.144. The molecule has 0 radical (unpaired) electrons. The Kier molecular flexibility index (Phi) is 3.76. The topological polar surface area (TPSA) is 65.5 Å². The van der Waals surface area contributed by atoms with Crippen LogP contribution in [-0.4, -0.2) is 11.0 Å². The van der Waals surface area contributed by atoms with Crippen LogP contribution in [0.1, 0.15) is 22.6 Å². The van der Waals surface area contributed by atoms with Crippen molar-refractivity contribution < 1.29 is 18.4 Å². The van der Waals surface area contributed by atoms with Gasteiger partial charge < -0.3 is 13.6 Å². The molecule has 5 nitrogen and oxygen atoms in total. The Morgan fingerprint density at radius 3 is 2.76 bits per heavy atom. The van der Waals surface area contributed by atoms with E-state index in [4.69, 9.17) is 13.6 Å². The number of fused-ring (bicyclic) bond motifs is 2. The second-order valence-corrected chi connectivity index (χ2v) is 6.11. The normalized spacial score (nSPS) is 11.3. The number of aromatic nitrogens is 1. The van der Waals surface area contributed by atoms with Crippen molar-refractivity contribution in [2.75, 3.05) is 0 Å². The summed E-state index contributed by atoms with van der Waals surface area (Å²) in [6.45, 7) is 4.09. The van der Waals surface area contributed by atoms with Gasteiger partial charge in [-0.2, -0.15) is 0 Å². The smallest absolute Gasteiger partial charge is 0.310 e. The highest BCUT2D eigenvalue weighted by atomic mass is 16.5. The van der Waals surface area contributed by atoms with E-state index in [0.717, 1.165) is 33.2 Å². The summed E-state index contributed by atoms with van der Waals surface area (Å²) in [7, 11) is 0. The van der Waals surface area contributed by atoms with Crippen LogP contribution in [0, 0.1) is 13.8 Å². The number of nitrogens with zero attached hydrogens (tertiary/aromatic N) is 1. The molecule has 0 amide bonds. The summed E-state index contributed by atoms with van der Waals surface area (Å²) in [5.74, 6) is 0.0428. The minimum atomic E-state index is -0.344. The number of rotatable bonds is 4. The lowest BCUT2D eigenvalue weighted by Crippen LogP contribution is -2.07. The Morgan fingerprint density at radius 2 is 1.92 bits per heavy atom. The van der Waals surface area contributed by atoms with E-state index in [1.807, 2.05) is 50.2 Å². The third-order valence-corrected chi connectivity index (χ3v) is 4.30. The van der Waals surface area contributed by atoms with Crippen molar-refractivity contribution in [3.8, 4) is 0 Å². The standard InChI is InChI=1S/C20H17NO4/c1-12-7-15-14(10-23-18(15)8-13(12)2)9-20(22)24-11-19-21-16-5-3-4-6-17(16)25-19/h3-8,10H,9,11H2,1-2H3. The molecule has 0 fully saturated rings. The van der Waals surface area contributed by atoms with Gasteiger partial charge in [0.25, 0.3) is 0 Å². The first-order valence-electron chi connectivity index (χ1n) is 8.07. The fourth-order valence-electron chi connectivity index (χ4n) is 2.80. The number of oxazole rings is 1. The van der Waals surface area contributed by atoms with Crippen LogP contribution >= 0.6 is 0 Å². The van der Waals surface area contributed by atoms with Gasteiger partial charge in [0.15, 0.2) is 12.2 Å². The van der Waals surface area contributed by atoms with Crippen molar-refractivity contribution in [3.63, 3.8) is 0 Å². The van der Waals surface area contributed by atoms with Gasteiger partial charge in [-0.15, -0.1) is 0 Å². The summed E-state index contributed by atoms with van der Waals surface area (Å²) >= 11 is 0. The Labute approximate surface area is 144 Å². The summed E-state index contributed by atoms with van der Waals surface area (Å²) < 4.78 is 16.4. The van der Waals surface area contributed by atoms with E-state index >= 15 is 0 Å². The molecule has 0 aliphatic carbocycles. The first kappa shape index (κ1) is 15.4. The zero-order valence-corrected chi connectivity index (χ0v) is 14.0. The quantitative estimate of drug-likeness (QED) is 0.515. The average Bonchev–Trinajstić information content (AvgIpc) is 3.18. The minimum absolute atomic E-state index is 0.0153. The summed E-state index contributed by atoms with van der Waals surface area (Å²) in [6, 6.07) is 11.5. The molecule has 0 N–H and O–H groups in total. The number of hydrogen-bond acceptors (Lipinski definition) is 5. The lowest BCUT2D eigenvalue weighted by atomic mass is 10.0. The summed E-state index contributed by atoms with van der Waals surface area (Å²) in [5, 5.41) is 0.946. The van der Waals surface area contributed by atoms with Gasteiger partial charge in [0.05, 0.1) is 12.7 Å². The minimum Gasteiger partial charge on any atom is -0.464 e. The molecular weight excluding hydrogens is 318 g/mol. The van der Waals surface area contributed by atoms with Gasteiger partial charge in [-0.1, -0.05) is 12.1 Å². The first-order chi connectivity index (χ1) is 12.1. The molecular formula is C20H17NO4. The van der Waals surface area contributed by atoms with Crippen molar-refractivity contribution in [1.29, 1.82) is 0 Å². The van der Waals surface area contributed by atoms with E-state index in [0.29, 0.717) is 11.5 Å². The van der Waals surface area contributed by atoms with Crippen molar-refractivity contribution in [1.82, 2.24) is 4.98 Å². The fourth-order valence-corrected chi connectivity index (χ4v) is 2.80. The van der Waals surface area contributed by atoms with Crippen LogP contribution in [-0.2, 0) is 22.6 Å². The largest absolute Gasteiger partial charge is 0.464 e. The monoisotopic (exact) mass is 335 g/mol. The van der Waals surface area contributed by atoms with Crippen LogP contribution in [0.2, 0.25) is 0 Å². The molecule has 2 aromatic carbocycles. The second kappa shape index (κ2) is 6.09. The van der Waals surface area contributed by atoms with Crippen molar-refractivity contribution in [2.45, 2.75) is 26.9 Å². The molecule has 0 aliphatic rings. The van der Waals surface area contributed by atoms with Crippen molar-refractivity contribution >= 4 is 28.0 Å². The number of carbonyl (C=O) groups is 1. The van der Waals surface area contributed by atoms with Gasteiger partial charge in [-0.25, -0.2) is 4.98 Å². The highest BCUT2D eigenvalue weighted by Crippen LogP contribution is 2.25. The van der Waals surface area contributed by atoms with E-state index < -0.39 is 0 Å². The molecule has 0 aliphatic heterocycles. The zero-order valence-electron chi connectivity index (χ0n) is 14.0. The predicted molar refractivity (Wildman–Crippen MR) is 93.2 cm³/mol. The van der Waals surface area contributed by atoms with Crippen LogP contribution in [0.3, 0.4) is 0 Å². The van der Waals surface area contributed by atoms with Gasteiger partial charge in [0.1, 0.15) is 11.1 Å². The number of para-hydroxylation sites is 2. The van der Waals surface area contributed by atoms with Crippen molar-refractivity contribution in [3.05, 3.63) is 65.2 Å². The predicted octanol–water partition coefficient (Wildman–Crippen LogP) is 4.48. The van der Waals surface area contributed by atoms with E-state index in [1.54, 1.807) is 6.26 Å². The van der Waals surface area contributed by atoms with E-state index in [9.17, 15) is 4.79 Å². The highest BCUT2D eigenvalue weighted by Gasteiger charge is 2.14. The molecule has 4 aromatic rings. The molecule has 2 heterocycles. The van der Waals surface area contributed by atoms with Gasteiger partial charge >= 0.3 is 5.97 Å². The van der Waals surface area contributed by atoms with Gasteiger partial charge in [-0.3, -0.25) is 4.79 Å². The first-order valence-corrected chi connectivity index (χ1v) is 8.07. The molecule has 4 rings (SSSR count). The van der Waals surface area contributed by atoms with Gasteiger partial charge in [0, 0.05) is 10.9 Å². The Balaban J connectivity index is 1.46. The van der Waals surface area contributed by atoms with E-state index in [-0.39, 0.29) is 19.0 Å². The molecule has 0 unspecified atom stereocenters. The zero-order chi connectivity index (χ0) is 17.4. The summed E-state index contributed by atoms with van der Waals surface area (Å²) in [6.07, 6.45) is 1.76. The molecule has 0 atom stereocenters. The fraction of sp³-hybridized carbons (Fsp3) is 0.200. The Morgan fingerprint density at radius 1 is 1.12 bits per heavy atom. The van der Waals surface area contributed by atoms with Crippen LogP contribution in [0.15, 0.2) is 51.5 Å². The molecule has 0 spiro atoms. The number of benzene rings is 2. The molecule has 2 aromatic heterocycles. The maximum atomic E-state index is 12.2. The van der Waals surface area contributed by atoms with Crippen LogP contribution < -0.4 is 0 Å². The molecule has 25 heavy (non-hydrogen) atoms. The third kappa shape index (κ3) is 3.01. The number of ether oxygens (including phenoxy) is 1. The maximum Gasteiger partial charge on any atom is 0.310 e. The molecule has 126 valence electrons. The molecule has 5 heteroatoms. The number of furan rings is 1. The van der Waals surface area contributed by atoms with E-state index in [2.05, 4.69) is 4.98 Å². The average molecular weight is 335 g/mol. The summed E-state index contributed by atoms with van der Waals surface area (Å²) in [5.41, 5.74) is 5.35. The molecule has 0 saturated carbocycles. The highest BCUT2D eigenvalue weighted by molar-refractivity contribution is 5.86.